The first-order valence-corrected chi connectivity index (χ1v) is 18.3. The smallest absolute Gasteiger partial charge is 0.407 e. The van der Waals surface area contributed by atoms with Crippen LogP contribution in [0.1, 0.15) is 52.3 Å². The molecular weight excluding hydrogens is 902 g/mol. The summed E-state index contributed by atoms with van der Waals surface area (Å²) in [6.07, 6.45) is -9.27. The van der Waals surface area contributed by atoms with Crippen molar-refractivity contribution in [2.45, 2.75) is 84.5 Å². The highest BCUT2D eigenvalue weighted by molar-refractivity contribution is 14.1. The average molecular weight is 946 g/mol. The van der Waals surface area contributed by atoms with Crippen molar-refractivity contribution in [2.24, 2.45) is 10.8 Å². The first-order chi connectivity index (χ1) is 26.7. The molecule has 0 unspecified atom stereocenters. The Hall–Kier alpha value is -4.71. The van der Waals surface area contributed by atoms with E-state index in [9.17, 15) is 51.3 Å². The number of aliphatic hydroxyl groups is 1. The predicted molar refractivity (Wildman–Crippen MR) is 202 cm³/mol. The van der Waals surface area contributed by atoms with Crippen LogP contribution in [0.3, 0.4) is 0 Å². The molecule has 58 heavy (non-hydrogen) atoms. The number of hydrogen-bond acceptors (Lipinski definition) is 8. The van der Waals surface area contributed by atoms with E-state index in [0.717, 1.165) is 40.1 Å². The van der Waals surface area contributed by atoms with E-state index < -0.39 is 102 Å². The van der Waals surface area contributed by atoms with Gasteiger partial charge in [-0.2, -0.15) is 27.1 Å². The zero-order valence-electron chi connectivity index (χ0n) is 31.9. The van der Waals surface area contributed by atoms with E-state index in [1.54, 1.807) is 24.3 Å². The molecule has 0 aliphatic rings. The van der Waals surface area contributed by atoms with Gasteiger partial charge in [0.2, 0.25) is 5.91 Å². The zero-order valence-corrected chi connectivity index (χ0v) is 34.1. The Labute approximate surface area is 342 Å². The fraction of sp³-hybridized carbons (Fsp3) is 0.472. The summed E-state index contributed by atoms with van der Waals surface area (Å²) in [5.74, 6) is -4.95. The minimum atomic E-state index is -5.05. The lowest BCUT2D eigenvalue weighted by Crippen LogP contribution is -2.63. The van der Waals surface area contributed by atoms with Gasteiger partial charge in [-0.3, -0.25) is 15.0 Å². The van der Waals surface area contributed by atoms with Crippen molar-refractivity contribution >= 4 is 46.6 Å². The maximum Gasteiger partial charge on any atom is 0.407 e. The summed E-state index contributed by atoms with van der Waals surface area (Å²) in [5.41, 5.74) is -2.37. The number of aromatic nitrogens is 2. The number of carbonyl (C=O) groups is 4. The third kappa shape index (κ3) is 12.6. The number of nitrogens with zero attached hydrogens (tertiary/aromatic N) is 3. The van der Waals surface area contributed by atoms with Crippen molar-refractivity contribution in [2.75, 3.05) is 13.7 Å². The Morgan fingerprint density at radius 2 is 1.50 bits per heavy atom. The molecule has 4 amide bonds. The Kier molecular flexibility index (Phi) is 15.9. The Morgan fingerprint density at radius 1 is 0.914 bits per heavy atom. The van der Waals surface area contributed by atoms with E-state index in [4.69, 9.17) is 0 Å². The van der Waals surface area contributed by atoms with Crippen LogP contribution in [0.15, 0.2) is 48.7 Å². The van der Waals surface area contributed by atoms with Crippen LogP contribution in [0.4, 0.5) is 40.3 Å². The van der Waals surface area contributed by atoms with E-state index in [1.165, 1.54) is 20.8 Å². The molecule has 1 heterocycles. The van der Waals surface area contributed by atoms with Crippen LogP contribution in [0.25, 0.3) is 11.3 Å². The van der Waals surface area contributed by atoms with Gasteiger partial charge in [-0.05, 0) is 84.2 Å². The largest absolute Gasteiger partial charge is 0.465 e. The highest BCUT2D eigenvalue weighted by atomic mass is 127. The quantitative estimate of drug-likeness (QED) is 0.0592. The molecule has 3 aromatic rings. The van der Waals surface area contributed by atoms with Gasteiger partial charge in [0.05, 0.1) is 30.4 Å². The Balaban J connectivity index is 2.09. The molecule has 0 radical (unpaired) electrons. The second-order valence-electron chi connectivity index (χ2n) is 14.8. The number of carbonyl (C=O) groups excluding carboxylic acids is 3. The van der Waals surface area contributed by atoms with Crippen LogP contribution >= 0.6 is 22.6 Å². The Morgan fingerprint density at radius 3 is 1.98 bits per heavy atom. The number of rotatable bonds is 16. The molecule has 3 rings (SSSR count). The fourth-order valence-electron chi connectivity index (χ4n) is 5.55. The number of ether oxygens (including phenoxy) is 1. The predicted octanol–water partition coefficient (Wildman–Crippen LogP) is 5.75. The number of alkyl carbamates (subject to hydrolysis) is 1. The number of amides is 4. The molecular formula is C36H43F7IN7O7. The molecule has 0 bridgehead atoms. The molecule has 0 aliphatic heterocycles. The number of carboxylic acid groups (broad SMARTS) is 1. The lowest BCUT2D eigenvalue weighted by Gasteiger charge is -2.37. The van der Waals surface area contributed by atoms with Crippen molar-refractivity contribution < 1.29 is 64.9 Å². The highest BCUT2D eigenvalue weighted by Gasteiger charge is 2.56. The van der Waals surface area contributed by atoms with Crippen molar-refractivity contribution in [1.82, 2.24) is 36.2 Å². The lowest BCUT2D eigenvalue weighted by atomic mass is 9.82. The number of alkyl halides is 5. The van der Waals surface area contributed by atoms with Gasteiger partial charge < -0.3 is 30.9 Å². The number of halogens is 8. The number of methoxy groups -OCH3 is 1. The van der Waals surface area contributed by atoms with Crippen molar-refractivity contribution in [3.63, 3.8) is 0 Å². The van der Waals surface area contributed by atoms with Crippen molar-refractivity contribution in [3.8, 4) is 11.3 Å². The van der Waals surface area contributed by atoms with Gasteiger partial charge in [-0.25, -0.2) is 28.1 Å². The van der Waals surface area contributed by atoms with E-state index >= 15 is 8.78 Å². The maximum atomic E-state index is 15.7. The molecule has 14 nitrogen and oxygen atoms in total. The molecule has 0 aliphatic carbocycles. The summed E-state index contributed by atoms with van der Waals surface area (Å²) in [6.45, 7) is 1.12. The monoisotopic (exact) mass is 945 g/mol. The topological polar surface area (TPSA) is 187 Å². The average Bonchev–Trinajstić information content (AvgIpc) is 3.61. The van der Waals surface area contributed by atoms with Crippen LogP contribution in [0.5, 0.6) is 0 Å². The molecule has 1 aromatic heterocycles. The van der Waals surface area contributed by atoms with Crippen LogP contribution < -0.4 is 21.4 Å². The summed E-state index contributed by atoms with van der Waals surface area (Å²) in [4.78, 5) is 51.1. The number of hydrazine groups is 1. The molecule has 0 fully saturated rings. The van der Waals surface area contributed by atoms with Crippen LogP contribution in [0, 0.1) is 26.0 Å². The summed E-state index contributed by atoms with van der Waals surface area (Å²) in [7, 11) is 0.868. The first kappa shape index (κ1) is 47.7. The first-order valence-electron chi connectivity index (χ1n) is 17.3. The molecule has 320 valence electrons. The molecule has 0 saturated heterocycles. The molecule has 4 atom stereocenters. The van der Waals surface area contributed by atoms with Gasteiger partial charge in [-0.15, -0.1) is 0 Å². The molecule has 0 spiro atoms. The molecule has 0 saturated carbocycles. The maximum absolute atomic E-state index is 15.7. The zero-order chi connectivity index (χ0) is 43.9. The van der Waals surface area contributed by atoms with Crippen LogP contribution in [0.2, 0.25) is 0 Å². The molecule has 22 heteroatoms. The third-order valence-corrected chi connectivity index (χ3v) is 9.71. The lowest BCUT2D eigenvalue weighted by molar-refractivity contribution is -0.220. The molecule has 6 N–H and O–H groups in total. The van der Waals surface area contributed by atoms with Gasteiger partial charge in [0.1, 0.15) is 23.7 Å². The van der Waals surface area contributed by atoms with E-state index in [1.807, 2.05) is 27.9 Å². The summed E-state index contributed by atoms with van der Waals surface area (Å²) in [6, 6.07) is 3.85. The van der Waals surface area contributed by atoms with Crippen LogP contribution in [-0.4, -0.2) is 93.1 Å². The normalized spacial score (nSPS) is 14.4. The van der Waals surface area contributed by atoms with Gasteiger partial charge in [-0.1, -0.05) is 32.9 Å². The second kappa shape index (κ2) is 19.4. The molecule has 2 aromatic carbocycles. The third-order valence-electron chi connectivity index (χ3n) is 8.99. The highest BCUT2D eigenvalue weighted by Crippen LogP contribution is 2.40. The number of benzene rings is 2. The van der Waals surface area contributed by atoms with E-state index in [2.05, 4.69) is 25.9 Å². The number of hydrogen-bond donors (Lipinski definition) is 6. The fourth-order valence-corrected chi connectivity index (χ4v) is 5.91. The number of aliphatic hydroxyl groups excluding tert-OH is 1. The standard InChI is InChI=1S/C36H43F7IN7O7/c1-34(2,3)27(46-32(55)56)30(54)49-50(16-21-22(37)14-19(15-23(21)38)24-11-12-51(48-24)31(39)40)17-26(52)25(13-18-7-9-20(44)10-8-18)45-29(53)28(47-33(57)58-6)35(4,5)36(41,42)43/h7-12,14-15,25-28,31,46,52H,13,16-17H2,1-6H3,(H,45,53)(H,47,57)(H,49,54)(H,55,56)/t25-,26-,27+,28+/m0/s1. The van der Waals surface area contributed by atoms with Gasteiger partial charge in [0.25, 0.3) is 5.91 Å². The van der Waals surface area contributed by atoms with Gasteiger partial charge in [0.15, 0.2) is 0 Å². The van der Waals surface area contributed by atoms with Crippen molar-refractivity contribution in [1.29, 1.82) is 0 Å². The Bertz CT molecular complexity index is 1900. The summed E-state index contributed by atoms with van der Waals surface area (Å²) >= 11 is 2.01. The van der Waals surface area contributed by atoms with Gasteiger partial charge >= 0.3 is 24.9 Å². The van der Waals surface area contributed by atoms with Gasteiger partial charge in [0, 0.05) is 34.0 Å². The van der Waals surface area contributed by atoms with E-state index in [0.29, 0.717) is 19.4 Å². The SMILES string of the molecule is COC(=O)N[C@H](C(=O)N[C@@H](Cc1ccc(I)cc1)[C@@H](O)CN(Cc1c(F)cc(-c2ccn(C(F)F)n2)cc1F)NC(=O)[C@@H](NC(=O)O)C(C)(C)C)C(C)(C)C(F)(F)F. The second-order valence-corrected chi connectivity index (χ2v) is 16.0. The number of nitrogens with one attached hydrogen (secondary N) is 4. The van der Waals surface area contributed by atoms with E-state index in [-0.39, 0.29) is 22.4 Å². The minimum absolute atomic E-state index is 0.208. The summed E-state index contributed by atoms with van der Waals surface area (Å²) in [5, 5.41) is 31.8. The summed E-state index contributed by atoms with van der Waals surface area (Å²) < 4.78 is 106. The van der Waals surface area contributed by atoms with Crippen molar-refractivity contribution in [3.05, 3.63) is 75.0 Å². The minimum Gasteiger partial charge on any atom is -0.465 e. The van der Waals surface area contributed by atoms with Crippen LogP contribution in [-0.2, 0) is 27.3 Å².